The van der Waals surface area contributed by atoms with E-state index in [1.165, 1.54) is 16.7 Å². The van der Waals surface area contributed by atoms with E-state index in [9.17, 15) is 5.11 Å². The third kappa shape index (κ3) is 5.21. The lowest BCUT2D eigenvalue weighted by atomic mass is 9.93. The highest BCUT2D eigenvalue weighted by Crippen LogP contribution is 2.38. The lowest BCUT2D eigenvalue weighted by molar-refractivity contribution is 0.226. The number of rotatable bonds is 0. The van der Waals surface area contributed by atoms with Crippen LogP contribution in [0, 0.1) is 18.8 Å². The summed E-state index contributed by atoms with van der Waals surface area (Å²) in [4.78, 5) is 9.37. The molecule has 4 heterocycles. The van der Waals surface area contributed by atoms with E-state index in [1.807, 2.05) is 10.6 Å². The van der Waals surface area contributed by atoms with Gasteiger partial charge in [-0.25, -0.2) is 4.98 Å². The average Bonchev–Trinajstić information content (AvgIpc) is 3.33. The van der Waals surface area contributed by atoms with Gasteiger partial charge in [0.15, 0.2) is 5.65 Å². The Morgan fingerprint density at radius 3 is 2.84 bits per heavy atom. The number of nitrogens with one attached hydrogen (secondary N) is 1. The van der Waals surface area contributed by atoms with E-state index in [4.69, 9.17) is 10.1 Å². The molecule has 2 bridgehead atoms. The van der Waals surface area contributed by atoms with Crippen molar-refractivity contribution in [1.29, 1.82) is 0 Å². The molecule has 2 aliphatic heterocycles. The summed E-state index contributed by atoms with van der Waals surface area (Å²) in [6, 6.07) is 10.9. The van der Waals surface area contributed by atoms with Gasteiger partial charge in [-0.1, -0.05) is 36.8 Å². The molecule has 1 fully saturated rings. The van der Waals surface area contributed by atoms with Crippen LogP contribution in [-0.2, 0) is 6.42 Å². The lowest BCUT2D eigenvalue weighted by Gasteiger charge is -2.38. The van der Waals surface area contributed by atoms with Crippen molar-refractivity contribution >= 4 is 17.2 Å². The Morgan fingerprint density at radius 1 is 1.14 bits per heavy atom. The largest absolute Gasteiger partial charge is 0.387 e. The molecular formula is C30H36N6O. The molecule has 1 saturated heterocycles. The van der Waals surface area contributed by atoms with Crippen molar-refractivity contribution in [2.45, 2.75) is 45.1 Å². The number of nitrogens with zero attached hydrogens (tertiary/aromatic N) is 5. The Labute approximate surface area is 219 Å². The van der Waals surface area contributed by atoms with Gasteiger partial charge < -0.3 is 20.2 Å². The predicted octanol–water partition coefficient (Wildman–Crippen LogP) is 4.07. The number of hydrogen-bond acceptors (Lipinski definition) is 6. The summed E-state index contributed by atoms with van der Waals surface area (Å²) in [6.45, 7) is 13.3. The Balaban J connectivity index is 1.64. The maximum atomic E-state index is 9.22. The highest BCUT2D eigenvalue weighted by atomic mass is 16.2. The number of likely N-dealkylation sites (N-methyl/N-ethyl adjacent to an activating group) is 1. The van der Waals surface area contributed by atoms with E-state index in [2.05, 4.69) is 78.4 Å². The number of aromatic nitrogens is 3. The second-order valence-corrected chi connectivity index (χ2v) is 10.1. The molecule has 0 radical (unpaired) electrons. The van der Waals surface area contributed by atoms with Crippen LogP contribution >= 0.6 is 0 Å². The highest BCUT2D eigenvalue weighted by molar-refractivity contribution is 5.67. The summed E-state index contributed by atoms with van der Waals surface area (Å²) in [5.41, 5.74) is 8.24. The Morgan fingerprint density at radius 2 is 2.00 bits per heavy atom. The van der Waals surface area contributed by atoms with Gasteiger partial charge in [-0.15, -0.1) is 0 Å². The molecule has 7 nitrogen and oxygen atoms in total. The predicted molar refractivity (Wildman–Crippen MR) is 149 cm³/mol. The maximum Gasteiger partial charge on any atom is 0.159 e. The minimum Gasteiger partial charge on any atom is -0.387 e. The van der Waals surface area contributed by atoms with Crippen LogP contribution in [0.15, 0.2) is 49.2 Å². The monoisotopic (exact) mass is 496 g/mol. The first-order chi connectivity index (χ1) is 17.9. The zero-order chi connectivity index (χ0) is 25.9. The molecule has 1 aromatic carbocycles. The Hall–Kier alpha value is -3.76. The van der Waals surface area contributed by atoms with Crippen molar-refractivity contribution in [2.75, 3.05) is 38.2 Å². The quantitative estimate of drug-likeness (QED) is 0.458. The summed E-state index contributed by atoms with van der Waals surface area (Å²) in [6.07, 6.45) is 5.10. The molecule has 2 N–H and O–H groups in total. The minimum atomic E-state index is -0.200. The minimum absolute atomic E-state index is 0.131. The molecule has 0 amide bonds. The van der Waals surface area contributed by atoms with Gasteiger partial charge in [0.1, 0.15) is 18.1 Å². The Bertz CT molecular complexity index is 1390. The van der Waals surface area contributed by atoms with Crippen molar-refractivity contribution in [3.63, 3.8) is 0 Å². The first-order valence-corrected chi connectivity index (χ1v) is 13.1. The summed E-state index contributed by atoms with van der Waals surface area (Å²) in [7, 11) is 2.06. The van der Waals surface area contributed by atoms with Crippen molar-refractivity contribution in [1.82, 2.24) is 24.8 Å². The maximum absolute atomic E-state index is 9.22. The molecule has 3 aromatic rings. The molecule has 1 atom stereocenters. The van der Waals surface area contributed by atoms with Crippen LogP contribution in [0.1, 0.15) is 59.8 Å². The first-order valence-electron chi connectivity index (χ1n) is 13.1. The van der Waals surface area contributed by atoms with E-state index in [1.54, 1.807) is 0 Å². The van der Waals surface area contributed by atoms with Gasteiger partial charge in [0.05, 0.1) is 11.7 Å². The third-order valence-electron chi connectivity index (χ3n) is 7.40. The second kappa shape index (κ2) is 10.7. The molecule has 0 unspecified atom stereocenters. The molecule has 7 heteroatoms. The van der Waals surface area contributed by atoms with Gasteiger partial charge in [-0.3, -0.25) is 0 Å². The molecule has 192 valence electrons. The highest BCUT2D eigenvalue weighted by Gasteiger charge is 2.29. The van der Waals surface area contributed by atoms with E-state index in [-0.39, 0.29) is 12.6 Å². The number of benzene rings is 1. The topological polar surface area (TPSA) is 68.9 Å². The fraction of sp³-hybridized carbons (Fsp3) is 0.400. The fourth-order valence-electron chi connectivity index (χ4n) is 5.39. The smallest absolute Gasteiger partial charge is 0.159 e. The number of piperidine rings is 1. The summed E-state index contributed by atoms with van der Waals surface area (Å²) in [5.74, 6) is 6.63. The molecule has 0 saturated carbocycles. The average molecular weight is 497 g/mol. The van der Waals surface area contributed by atoms with Crippen LogP contribution in [0.4, 0.5) is 5.82 Å². The lowest BCUT2D eigenvalue weighted by Crippen LogP contribution is -2.33. The molecule has 0 spiro atoms. The van der Waals surface area contributed by atoms with Crippen LogP contribution < -0.4 is 10.2 Å². The molecule has 2 aromatic heterocycles. The van der Waals surface area contributed by atoms with Gasteiger partial charge in [0.2, 0.25) is 0 Å². The van der Waals surface area contributed by atoms with Gasteiger partial charge in [0.25, 0.3) is 0 Å². The van der Waals surface area contributed by atoms with Crippen LogP contribution in [0.25, 0.3) is 11.3 Å². The van der Waals surface area contributed by atoms with E-state index < -0.39 is 0 Å². The molecule has 5 rings (SSSR count). The molecule has 37 heavy (non-hydrogen) atoms. The van der Waals surface area contributed by atoms with Gasteiger partial charge >= 0.3 is 0 Å². The zero-order valence-electron chi connectivity index (χ0n) is 21.9. The first kappa shape index (κ1) is 24.9. The molecule has 0 aliphatic carbocycles. The summed E-state index contributed by atoms with van der Waals surface area (Å²) in [5, 5.41) is 17.8. The van der Waals surface area contributed by atoms with E-state index in [0.29, 0.717) is 5.69 Å². The zero-order valence-corrected chi connectivity index (χ0v) is 21.9. The van der Waals surface area contributed by atoms with Crippen LogP contribution in [-0.4, -0.2) is 57.9 Å². The summed E-state index contributed by atoms with van der Waals surface area (Å²) < 4.78 is 1.92. The van der Waals surface area contributed by atoms with Crippen molar-refractivity contribution in [2.24, 2.45) is 0 Å². The van der Waals surface area contributed by atoms with Gasteiger partial charge in [-0.05, 0) is 56.6 Å². The molecular weight excluding hydrogens is 460 g/mol. The van der Waals surface area contributed by atoms with E-state index in [0.717, 1.165) is 80.3 Å². The third-order valence-corrected chi connectivity index (χ3v) is 7.40. The van der Waals surface area contributed by atoms with E-state index >= 15 is 0 Å². The second-order valence-electron chi connectivity index (χ2n) is 10.1. The fourth-order valence-corrected chi connectivity index (χ4v) is 5.39. The van der Waals surface area contributed by atoms with Crippen molar-refractivity contribution in [3.8, 4) is 11.8 Å². The normalized spacial score (nSPS) is 18.7. The molecule has 2 aliphatic rings. The SMILES string of the molecule is C=C1CCc2ccc(C)cc2C(=C)N2CCCC[C@H]2c2cc3nc(C#CCO)cc(n3n2)N(C)CCN1. The van der Waals surface area contributed by atoms with Crippen molar-refractivity contribution in [3.05, 3.63) is 77.3 Å². The summed E-state index contributed by atoms with van der Waals surface area (Å²) >= 11 is 0. The Kier molecular flexibility index (Phi) is 7.20. The van der Waals surface area contributed by atoms with Crippen LogP contribution in [0.2, 0.25) is 0 Å². The number of anilines is 1. The number of aryl methyl sites for hydroxylation is 2. The standard InChI is InChI=1S/C30H36N6O/c1-21-10-12-24-13-11-22(2)31-14-16-34(4)30-19-25(8-7-17-37)32-29-20-27(33-36(29)30)28-9-5-6-15-35(28)23(3)26(24)18-21/h10,12,18-20,28,31,37H,2-3,5-6,9,11,13-17H2,1,4H3/t28-/m0/s1. The number of allylic oxidation sites excluding steroid dienone is 1. The van der Waals surface area contributed by atoms with Crippen LogP contribution in [0.3, 0.4) is 0 Å². The van der Waals surface area contributed by atoms with Crippen LogP contribution in [0.5, 0.6) is 0 Å². The number of hydrogen-bond donors (Lipinski definition) is 2. The number of aliphatic hydroxyl groups excluding tert-OH is 1. The number of fused-ring (bicyclic) bond motifs is 4. The van der Waals surface area contributed by atoms with Gasteiger partial charge in [-0.2, -0.15) is 9.61 Å². The van der Waals surface area contributed by atoms with Gasteiger partial charge in [0, 0.05) is 55.8 Å². The number of aliphatic hydroxyl groups is 1. The van der Waals surface area contributed by atoms with Crippen molar-refractivity contribution < 1.29 is 5.11 Å².